The number of rotatable bonds is 15. The molecule has 0 aromatic rings. The number of amides is 2. The molecule has 28 heteroatoms. The number of aliphatic hydroxyl groups excluding tert-OH is 15. The first-order chi connectivity index (χ1) is 29.3. The number of carbonyl (C=O) groups excluding carboxylic acids is 2. The van der Waals surface area contributed by atoms with Gasteiger partial charge in [0.15, 0.2) is 31.5 Å². The Balaban J connectivity index is 1.28. The monoisotopic (exact) mass is 910 g/mol. The van der Waals surface area contributed by atoms with Crippen molar-refractivity contribution in [3.8, 4) is 0 Å². The second kappa shape index (κ2) is 22.0. The van der Waals surface area contributed by atoms with E-state index in [1.165, 1.54) is 0 Å². The lowest BCUT2D eigenvalue weighted by atomic mass is 9.94. The average molecular weight is 911 g/mol. The van der Waals surface area contributed by atoms with Gasteiger partial charge in [-0.15, -0.1) is 0 Å². The van der Waals surface area contributed by atoms with E-state index in [1.54, 1.807) is 0 Å². The van der Waals surface area contributed by atoms with Crippen molar-refractivity contribution >= 4 is 11.8 Å². The zero-order valence-corrected chi connectivity index (χ0v) is 33.2. The molecule has 360 valence electrons. The van der Waals surface area contributed by atoms with Crippen LogP contribution in [0.25, 0.3) is 0 Å². The molecule has 0 unspecified atom stereocenters. The summed E-state index contributed by atoms with van der Waals surface area (Å²) in [5.41, 5.74) is 0. The van der Waals surface area contributed by atoms with E-state index in [4.69, 9.17) is 42.6 Å². The van der Waals surface area contributed by atoms with E-state index in [9.17, 15) is 86.2 Å². The van der Waals surface area contributed by atoms with E-state index >= 15 is 0 Å². The highest BCUT2D eigenvalue weighted by molar-refractivity contribution is 5.73. The van der Waals surface area contributed by atoms with Crippen molar-refractivity contribution < 1.29 is 129 Å². The lowest BCUT2D eigenvalue weighted by Gasteiger charge is -2.50. The van der Waals surface area contributed by atoms with Gasteiger partial charge >= 0.3 is 0 Å². The third-order valence-electron chi connectivity index (χ3n) is 11.1. The minimum absolute atomic E-state index is 0.678. The maximum Gasteiger partial charge on any atom is 0.217 e. The zero-order valence-electron chi connectivity index (χ0n) is 33.2. The summed E-state index contributed by atoms with van der Waals surface area (Å²) in [5.74, 6) is -1.45. The number of ether oxygens (including phenoxy) is 9. The van der Waals surface area contributed by atoms with Crippen molar-refractivity contribution in [3.05, 3.63) is 0 Å². The van der Waals surface area contributed by atoms with Gasteiger partial charge in [-0.1, -0.05) is 0 Å². The molecule has 2 amide bonds. The molecular weight excluding hydrogens is 852 g/mol. The Kier molecular flexibility index (Phi) is 18.1. The number of carbonyl (C=O) groups is 2. The molecule has 0 spiro atoms. The number of hydrogen-bond acceptors (Lipinski definition) is 26. The number of aliphatic hydroxyl groups is 15. The van der Waals surface area contributed by atoms with Crippen LogP contribution >= 0.6 is 0 Å². The molecule has 5 heterocycles. The van der Waals surface area contributed by atoms with Crippen molar-refractivity contribution in [2.45, 2.75) is 167 Å². The largest absolute Gasteiger partial charge is 0.394 e. The first-order valence-corrected chi connectivity index (χ1v) is 19.6. The summed E-state index contributed by atoms with van der Waals surface area (Å²) >= 11 is 0. The predicted octanol–water partition coefficient (Wildman–Crippen LogP) is -11.6. The third kappa shape index (κ3) is 10.8. The molecule has 5 aliphatic rings. The van der Waals surface area contributed by atoms with Crippen LogP contribution in [0.15, 0.2) is 0 Å². The Labute approximate surface area is 351 Å². The second-order valence-corrected chi connectivity index (χ2v) is 15.4. The maximum atomic E-state index is 12.3. The molecule has 5 saturated heterocycles. The average Bonchev–Trinajstić information content (AvgIpc) is 3.24. The summed E-state index contributed by atoms with van der Waals surface area (Å²) in [4.78, 5) is 24.0. The Bertz CT molecular complexity index is 1440. The first kappa shape index (κ1) is 51.0. The molecule has 17 N–H and O–H groups in total. The maximum absolute atomic E-state index is 12.3. The lowest BCUT2D eigenvalue weighted by molar-refractivity contribution is -0.388. The fourth-order valence-electron chi connectivity index (χ4n) is 7.85. The van der Waals surface area contributed by atoms with Crippen molar-refractivity contribution in [1.82, 2.24) is 10.6 Å². The fraction of sp³-hybridized carbons (Fsp3) is 0.941. The van der Waals surface area contributed by atoms with Crippen LogP contribution in [0.2, 0.25) is 0 Å². The van der Waals surface area contributed by atoms with Gasteiger partial charge in [0.2, 0.25) is 11.8 Å². The quantitative estimate of drug-likeness (QED) is 0.0725. The van der Waals surface area contributed by atoms with Gasteiger partial charge in [-0.25, -0.2) is 0 Å². The van der Waals surface area contributed by atoms with Gasteiger partial charge in [-0.05, 0) is 0 Å². The molecule has 25 atom stereocenters. The molecule has 0 bridgehead atoms. The molecule has 0 saturated carbocycles. The van der Waals surface area contributed by atoms with Crippen LogP contribution < -0.4 is 10.6 Å². The molecule has 0 radical (unpaired) electrons. The van der Waals surface area contributed by atoms with Crippen molar-refractivity contribution in [1.29, 1.82) is 0 Å². The molecule has 0 aromatic heterocycles. The van der Waals surface area contributed by atoms with Gasteiger partial charge in [-0.3, -0.25) is 9.59 Å². The van der Waals surface area contributed by atoms with Gasteiger partial charge in [0, 0.05) is 13.8 Å². The fourth-order valence-corrected chi connectivity index (χ4v) is 7.85. The third-order valence-corrected chi connectivity index (χ3v) is 11.1. The Morgan fingerprint density at radius 3 is 1.10 bits per heavy atom. The van der Waals surface area contributed by atoms with E-state index in [0.717, 1.165) is 13.8 Å². The molecule has 62 heavy (non-hydrogen) atoms. The molecule has 5 rings (SSSR count). The summed E-state index contributed by atoms with van der Waals surface area (Å²) in [6.45, 7) is -2.41. The number of nitrogens with one attached hydrogen (secondary N) is 2. The second-order valence-electron chi connectivity index (χ2n) is 15.4. The molecule has 5 aliphatic heterocycles. The van der Waals surface area contributed by atoms with Gasteiger partial charge in [-0.2, -0.15) is 0 Å². The Morgan fingerprint density at radius 1 is 0.387 bits per heavy atom. The summed E-state index contributed by atoms with van der Waals surface area (Å²) < 4.78 is 50.5. The van der Waals surface area contributed by atoms with Crippen LogP contribution in [0.4, 0.5) is 0 Å². The Hall–Kier alpha value is -2.02. The first-order valence-electron chi connectivity index (χ1n) is 19.6. The smallest absolute Gasteiger partial charge is 0.217 e. The van der Waals surface area contributed by atoms with Gasteiger partial charge in [0.25, 0.3) is 0 Å². The minimum Gasteiger partial charge on any atom is -0.394 e. The van der Waals surface area contributed by atoms with Crippen LogP contribution in [0.3, 0.4) is 0 Å². The van der Waals surface area contributed by atoms with Gasteiger partial charge in [0.1, 0.15) is 122 Å². The normalized spacial score (nSPS) is 49.0. The molecule has 0 aliphatic carbocycles. The predicted molar refractivity (Wildman–Crippen MR) is 190 cm³/mol. The topological polar surface area (TPSA) is 445 Å². The van der Waals surface area contributed by atoms with Crippen LogP contribution in [-0.4, -0.2) is 275 Å². The van der Waals surface area contributed by atoms with Crippen LogP contribution in [0, 0.1) is 0 Å². The SMILES string of the molecule is CC(=O)N[C@@H]1[C@@H](O)[C@H](O[C@@H]2O[C@H](CO)[C@@H](O[C@@H]3O[C@H](CO)[C@@H](O[C@@H]4O[C@H](CO)[C@@H](O[C@H]5O[C@H](CO)[C@@H](O)[C@H](O)[C@@H]5O)[C@H](O)[C@@H]4O)[C@H](O)[C@@H]3O)[C@H](O)[C@H]2NC(C)=O)[C@@H](CO)O[C@H]1O. The standard InChI is InChI=1S/C34H58N2O26/c1-8(42)35-15-18(45)26(11(4-38)54-30(15)53)59-31-16(36-9(2)43)19(46)27(12(5-39)56-31)60-33-24(51)21(48)29(14(7-41)57-33)62-34-25(52)22(49)28(13(6-40)58-34)61-32-23(50)20(47)17(44)10(3-37)55-32/h10-34,37-41,44-53H,3-7H2,1-2H3,(H,35,42)(H,36,43)/t10-,11-,12-,13-,14-,15-,16-,17-,18-,19-,20+,21-,22-,23+,24+,25+,26-,27-,28-,29-,30-,31+,32-,33+,34+/m1/s1. The van der Waals surface area contributed by atoms with Crippen LogP contribution in [0.1, 0.15) is 13.8 Å². The number of hydrogen-bond donors (Lipinski definition) is 17. The van der Waals surface area contributed by atoms with E-state index in [0.29, 0.717) is 0 Å². The Morgan fingerprint density at radius 2 is 0.694 bits per heavy atom. The molecule has 0 aromatic carbocycles. The van der Waals surface area contributed by atoms with Crippen molar-refractivity contribution in [2.75, 3.05) is 33.0 Å². The lowest BCUT2D eigenvalue weighted by Crippen LogP contribution is -2.70. The minimum atomic E-state index is -2.14. The summed E-state index contributed by atoms with van der Waals surface area (Å²) in [6, 6.07) is -3.11. The molecular formula is C34H58N2O26. The van der Waals surface area contributed by atoms with Crippen LogP contribution in [-0.2, 0) is 52.2 Å². The van der Waals surface area contributed by atoms with Gasteiger partial charge < -0.3 is 130 Å². The summed E-state index contributed by atoms with van der Waals surface area (Å²) in [5, 5.41) is 163. The molecule has 28 nitrogen and oxygen atoms in total. The van der Waals surface area contributed by atoms with E-state index in [1.807, 2.05) is 0 Å². The highest BCUT2D eigenvalue weighted by Gasteiger charge is 2.56. The van der Waals surface area contributed by atoms with Crippen molar-refractivity contribution in [2.24, 2.45) is 0 Å². The highest BCUT2D eigenvalue weighted by Crippen LogP contribution is 2.35. The summed E-state index contributed by atoms with van der Waals surface area (Å²) in [7, 11) is 0. The van der Waals surface area contributed by atoms with E-state index < -0.39 is 198 Å². The van der Waals surface area contributed by atoms with E-state index in [2.05, 4.69) is 10.6 Å². The van der Waals surface area contributed by atoms with E-state index in [-0.39, 0.29) is 0 Å². The zero-order chi connectivity index (χ0) is 45.9. The highest BCUT2D eigenvalue weighted by atomic mass is 16.8. The van der Waals surface area contributed by atoms with Gasteiger partial charge in [0.05, 0.1) is 33.0 Å². The van der Waals surface area contributed by atoms with Crippen molar-refractivity contribution in [3.63, 3.8) is 0 Å². The summed E-state index contributed by atoms with van der Waals surface area (Å²) in [6.07, 6.45) is -41.6. The molecule has 5 fully saturated rings. The van der Waals surface area contributed by atoms with Crippen LogP contribution in [0.5, 0.6) is 0 Å².